The van der Waals surface area contributed by atoms with E-state index in [-0.39, 0.29) is 17.5 Å². The minimum atomic E-state index is -0.784. The second-order valence-corrected chi connectivity index (χ2v) is 4.31. The van der Waals surface area contributed by atoms with Crippen LogP contribution in [0, 0.1) is 11.7 Å². The van der Waals surface area contributed by atoms with Gasteiger partial charge in [-0.3, -0.25) is 4.79 Å². The van der Waals surface area contributed by atoms with Gasteiger partial charge in [-0.1, -0.05) is 18.6 Å². The molecule has 3 heteroatoms. The Kier molecular flexibility index (Phi) is 3.34. The van der Waals surface area contributed by atoms with Crippen LogP contribution < -0.4 is 0 Å². The van der Waals surface area contributed by atoms with Gasteiger partial charge in [-0.25, -0.2) is 4.39 Å². The molecule has 2 rings (SSSR count). The number of rotatable bonds is 2. The molecule has 1 fully saturated rings. The minimum Gasteiger partial charge on any atom is -0.388 e. The van der Waals surface area contributed by atoms with Gasteiger partial charge in [0, 0.05) is 12.3 Å². The smallest absolute Gasteiger partial charge is 0.138 e. The lowest BCUT2D eigenvalue weighted by Crippen LogP contribution is -2.25. The second kappa shape index (κ2) is 4.74. The van der Waals surface area contributed by atoms with Gasteiger partial charge in [-0.2, -0.15) is 0 Å². The van der Waals surface area contributed by atoms with Gasteiger partial charge in [-0.15, -0.1) is 0 Å². The summed E-state index contributed by atoms with van der Waals surface area (Å²) in [6, 6.07) is 5.71. The van der Waals surface area contributed by atoms with Crippen molar-refractivity contribution in [3.63, 3.8) is 0 Å². The first-order valence-electron chi connectivity index (χ1n) is 5.65. The number of hydrogen-bond acceptors (Lipinski definition) is 2. The van der Waals surface area contributed by atoms with Crippen molar-refractivity contribution in [2.24, 2.45) is 5.92 Å². The standard InChI is InChI=1S/C13H15FO2/c14-10-7-5-9(6-8-10)13(16)11-3-1-2-4-12(11)15/h5-8,11,13,16H,1-4H2/t11-,13+/m1/s1. The van der Waals surface area contributed by atoms with E-state index < -0.39 is 6.10 Å². The van der Waals surface area contributed by atoms with Gasteiger partial charge in [0.25, 0.3) is 0 Å². The normalized spacial score (nSPS) is 23.1. The van der Waals surface area contributed by atoms with Crippen LogP contribution in [0.3, 0.4) is 0 Å². The number of ketones is 1. The molecule has 86 valence electrons. The van der Waals surface area contributed by atoms with Gasteiger partial charge in [0.05, 0.1) is 6.10 Å². The van der Waals surface area contributed by atoms with E-state index in [1.54, 1.807) is 12.1 Å². The highest BCUT2D eigenvalue weighted by atomic mass is 19.1. The van der Waals surface area contributed by atoms with Crippen molar-refractivity contribution in [2.45, 2.75) is 31.8 Å². The zero-order valence-corrected chi connectivity index (χ0v) is 9.03. The molecular weight excluding hydrogens is 207 g/mol. The van der Waals surface area contributed by atoms with Crippen LogP contribution in [0.15, 0.2) is 24.3 Å². The number of aliphatic hydroxyl groups is 1. The summed E-state index contributed by atoms with van der Waals surface area (Å²) in [6.07, 6.45) is 2.41. The Balaban J connectivity index is 2.14. The molecule has 1 aliphatic carbocycles. The lowest BCUT2D eigenvalue weighted by Gasteiger charge is -2.25. The summed E-state index contributed by atoms with van der Waals surface area (Å²) >= 11 is 0. The van der Waals surface area contributed by atoms with Gasteiger partial charge in [0.1, 0.15) is 11.6 Å². The third-order valence-electron chi connectivity index (χ3n) is 3.19. The van der Waals surface area contributed by atoms with E-state index in [0.717, 1.165) is 19.3 Å². The summed E-state index contributed by atoms with van der Waals surface area (Å²) < 4.78 is 12.7. The van der Waals surface area contributed by atoms with Crippen molar-refractivity contribution in [2.75, 3.05) is 0 Å². The maximum atomic E-state index is 12.7. The summed E-state index contributed by atoms with van der Waals surface area (Å²) in [7, 11) is 0. The van der Waals surface area contributed by atoms with Crippen LogP contribution in [-0.2, 0) is 4.79 Å². The van der Waals surface area contributed by atoms with Crippen molar-refractivity contribution < 1.29 is 14.3 Å². The van der Waals surface area contributed by atoms with Crippen molar-refractivity contribution in [3.05, 3.63) is 35.6 Å². The zero-order chi connectivity index (χ0) is 11.5. The lowest BCUT2D eigenvalue weighted by molar-refractivity contribution is -0.128. The van der Waals surface area contributed by atoms with Gasteiger partial charge in [0.15, 0.2) is 0 Å². The number of aliphatic hydroxyl groups excluding tert-OH is 1. The zero-order valence-electron chi connectivity index (χ0n) is 9.03. The van der Waals surface area contributed by atoms with Crippen molar-refractivity contribution >= 4 is 5.78 Å². The Labute approximate surface area is 94.1 Å². The van der Waals surface area contributed by atoms with Gasteiger partial charge in [-0.05, 0) is 30.5 Å². The van der Waals surface area contributed by atoms with Crippen LogP contribution in [0.4, 0.5) is 4.39 Å². The Morgan fingerprint density at radius 1 is 1.25 bits per heavy atom. The molecule has 0 spiro atoms. The fourth-order valence-corrected chi connectivity index (χ4v) is 2.24. The third-order valence-corrected chi connectivity index (χ3v) is 3.19. The first kappa shape index (κ1) is 11.3. The van der Waals surface area contributed by atoms with Crippen molar-refractivity contribution in [1.29, 1.82) is 0 Å². The van der Waals surface area contributed by atoms with E-state index in [1.807, 2.05) is 0 Å². The van der Waals surface area contributed by atoms with Crippen LogP contribution in [0.25, 0.3) is 0 Å². The van der Waals surface area contributed by atoms with E-state index in [9.17, 15) is 14.3 Å². The molecule has 1 aliphatic rings. The minimum absolute atomic E-state index is 0.128. The molecule has 1 saturated carbocycles. The topological polar surface area (TPSA) is 37.3 Å². The monoisotopic (exact) mass is 222 g/mol. The molecule has 0 heterocycles. The van der Waals surface area contributed by atoms with Crippen LogP contribution in [0.1, 0.15) is 37.4 Å². The predicted octanol–water partition coefficient (Wildman–Crippen LogP) is 2.62. The summed E-state index contributed by atoms with van der Waals surface area (Å²) in [5, 5.41) is 10.1. The van der Waals surface area contributed by atoms with Gasteiger partial charge < -0.3 is 5.11 Å². The quantitative estimate of drug-likeness (QED) is 0.835. The maximum absolute atomic E-state index is 12.7. The fourth-order valence-electron chi connectivity index (χ4n) is 2.24. The first-order chi connectivity index (χ1) is 7.68. The Bertz CT molecular complexity index is 372. The molecule has 0 unspecified atom stereocenters. The lowest BCUT2D eigenvalue weighted by atomic mass is 9.82. The summed E-state index contributed by atoms with van der Waals surface area (Å²) in [5.74, 6) is -0.506. The van der Waals surface area contributed by atoms with Crippen LogP contribution in [0.2, 0.25) is 0 Å². The average molecular weight is 222 g/mol. The molecule has 1 aromatic carbocycles. The number of benzene rings is 1. The predicted molar refractivity (Wildman–Crippen MR) is 58.3 cm³/mol. The highest BCUT2D eigenvalue weighted by molar-refractivity contribution is 5.82. The van der Waals surface area contributed by atoms with E-state index in [4.69, 9.17) is 0 Å². The number of Topliss-reactive ketones (excluding diaryl/α,β-unsaturated/α-hetero) is 1. The molecule has 0 radical (unpaired) electrons. The van der Waals surface area contributed by atoms with Crippen LogP contribution in [0.5, 0.6) is 0 Å². The second-order valence-electron chi connectivity index (χ2n) is 4.31. The number of carbonyl (C=O) groups is 1. The SMILES string of the molecule is O=C1CCCC[C@H]1[C@@H](O)c1ccc(F)cc1. The van der Waals surface area contributed by atoms with Crippen molar-refractivity contribution in [1.82, 2.24) is 0 Å². The van der Waals surface area contributed by atoms with Gasteiger partial charge in [0.2, 0.25) is 0 Å². The van der Waals surface area contributed by atoms with Gasteiger partial charge >= 0.3 is 0 Å². The van der Waals surface area contributed by atoms with Crippen LogP contribution in [-0.4, -0.2) is 10.9 Å². The van der Waals surface area contributed by atoms with E-state index >= 15 is 0 Å². The fraction of sp³-hybridized carbons (Fsp3) is 0.462. The molecule has 1 N–H and O–H groups in total. The Hall–Kier alpha value is -1.22. The van der Waals surface area contributed by atoms with E-state index in [2.05, 4.69) is 0 Å². The van der Waals surface area contributed by atoms with E-state index in [1.165, 1.54) is 12.1 Å². The molecule has 0 aromatic heterocycles. The molecule has 0 aliphatic heterocycles. The highest BCUT2D eigenvalue weighted by Gasteiger charge is 2.29. The molecular formula is C13H15FO2. The number of halogens is 1. The molecule has 0 saturated heterocycles. The number of carbonyl (C=O) groups excluding carboxylic acids is 1. The Morgan fingerprint density at radius 2 is 1.94 bits per heavy atom. The van der Waals surface area contributed by atoms with Crippen LogP contribution >= 0.6 is 0 Å². The summed E-state index contributed by atoms with van der Waals surface area (Å²) in [4.78, 5) is 11.6. The maximum Gasteiger partial charge on any atom is 0.138 e. The molecule has 0 amide bonds. The summed E-state index contributed by atoms with van der Waals surface area (Å²) in [6.45, 7) is 0. The Morgan fingerprint density at radius 3 is 2.56 bits per heavy atom. The molecule has 2 atom stereocenters. The first-order valence-corrected chi connectivity index (χ1v) is 5.65. The number of hydrogen-bond donors (Lipinski definition) is 1. The largest absolute Gasteiger partial charge is 0.388 e. The third kappa shape index (κ3) is 2.30. The average Bonchev–Trinajstić information content (AvgIpc) is 2.30. The molecule has 2 nitrogen and oxygen atoms in total. The van der Waals surface area contributed by atoms with Crippen molar-refractivity contribution in [3.8, 4) is 0 Å². The highest BCUT2D eigenvalue weighted by Crippen LogP contribution is 2.31. The van der Waals surface area contributed by atoms with E-state index in [0.29, 0.717) is 12.0 Å². The summed E-state index contributed by atoms with van der Waals surface area (Å²) in [5.41, 5.74) is 0.627. The molecule has 16 heavy (non-hydrogen) atoms. The molecule has 1 aromatic rings. The molecule has 0 bridgehead atoms.